The molecule has 0 spiro atoms. The Balaban J connectivity index is 2.43. The van der Waals surface area contributed by atoms with Gasteiger partial charge in [-0.2, -0.15) is 0 Å². The summed E-state index contributed by atoms with van der Waals surface area (Å²) < 4.78 is 5.34. The summed E-state index contributed by atoms with van der Waals surface area (Å²) in [4.78, 5) is 22.6. The summed E-state index contributed by atoms with van der Waals surface area (Å²) >= 11 is 0. The van der Waals surface area contributed by atoms with Gasteiger partial charge in [-0.25, -0.2) is 5.84 Å². The molecule has 2 amide bonds. The first-order chi connectivity index (χ1) is 8.54. The summed E-state index contributed by atoms with van der Waals surface area (Å²) in [6.07, 6.45) is 0. The van der Waals surface area contributed by atoms with Crippen molar-refractivity contribution in [2.45, 2.75) is 19.9 Å². The molecular weight excluding hydrogens is 234 g/mol. The number of nitrogens with one attached hydrogen (secondary N) is 2. The van der Waals surface area contributed by atoms with Crippen molar-refractivity contribution in [3.05, 3.63) is 29.8 Å². The van der Waals surface area contributed by atoms with Crippen molar-refractivity contribution in [3.8, 4) is 5.75 Å². The largest absolute Gasteiger partial charge is 0.484 e. The smallest absolute Gasteiger partial charge is 0.258 e. The number of hydrogen-bond donors (Lipinski definition) is 3. The van der Waals surface area contributed by atoms with Crippen LogP contribution in [0.15, 0.2) is 24.3 Å². The second-order valence-corrected chi connectivity index (χ2v) is 3.85. The highest BCUT2D eigenvalue weighted by Gasteiger charge is 2.14. The number of nitrogens with two attached hydrogens (primary N) is 1. The van der Waals surface area contributed by atoms with E-state index in [4.69, 9.17) is 10.6 Å². The Morgan fingerprint density at radius 1 is 1.39 bits per heavy atom. The van der Waals surface area contributed by atoms with Crippen LogP contribution in [0.25, 0.3) is 0 Å². The van der Waals surface area contributed by atoms with Gasteiger partial charge in [-0.3, -0.25) is 15.0 Å². The number of carbonyl (C=O) groups is 2. The van der Waals surface area contributed by atoms with Crippen LogP contribution < -0.4 is 21.3 Å². The zero-order valence-corrected chi connectivity index (χ0v) is 10.4. The van der Waals surface area contributed by atoms with Crippen LogP contribution in [0.1, 0.15) is 12.5 Å². The first-order valence-electron chi connectivity index (χ1n) is 5.53. The maximum absolute atomic E-state index is 11.5. The summed E-state index contributed by atoms with van der Waals surface area (Å²) in [5.41, 5.74) is 2.90. The van der Waals surface area contributed by atoms with E-state index < -0.39 is 11.9 Å². The fraction of sp³-hybridized carbons (Fsp3) is 0.333. The molecule has 0 unspecified atom stereocenters. The molecule has 0 aromatic heterocycles. The number of aryl methyl sites for hydroxylation is 1. The average Bonchev–Trinajstić information content (AvgIpc) is 2.36. The Bertz CT molecular complexity index is 434. The van der Waals surface area contributed by atoms with Crippen LogP contribution in [0, 0.1) is 6.92 Å². The second kappa shape index (κ2) is 6.61. The van der Waals surface area contributed by atoms with Crippen molar-refractivity contribution in [1.29, 1.82) is 0 Å². The number of carbonyl (C=O) groups excluding carboxylic acids is 2. The summed E-state index contributed by atoms with van der Waals surface area (Å²) in [6, 6.07) is 6.68. The molecule has 6 nitrogen and oxygen atoms in total. The summed E-state index contributed by atoms with van der Waals surface area (Å²) in [5.74, 6) is 4.75. The molecular formula is C12H17N3O3. The Labute approximate surface area is 105 Å². The monoisotopic (exact) mass is 251 g/mol. The van der Waals surface area contributed by atoms with Gasteiger partial charge in [0.2, 0.25) is 0 Å². The highest BCUT2D eigenvalue weighted by molar-refractivity contribution is 5.87. The molecule has 18 heavy (non-hydrogen) atoms. The quantitative estimate of drug-likeness (QED) is 0.386. The zero-order valence-electron chi connectivity index (χ0n) is 10.4. The third kappa shape index (κ3) is 4.06. The number of hydrogen-bond acceptors (Lipinski definition) is 4. The lowest BCUT2D eigenvalue weighted by Crippen LogP contribution is -2.48. The fourth-order valence-corrected chi connectivity index (χ4v) is 1.34. The molecule has 0 fully saturated rings. The number of amides is 2. The Morgan fingerprint density at radius 3 is 2.67 bits per heavy atom. The molecule has 0 saturated heterocycles. The van der Waals surface area contributed by atoms with Crippen molar-refractivity contribution >= 4 is 11.8 Å². The molecule has 0 aliphatic heterocycles. The van der Waals surface area contributed by atoms with E-state index in [0.29, 0.717) is 5.75 Å². The van der Waals surface area contributed by atoms with Crippen LogP contribution in [-0.2, 0) is 9.59 Å². The van der Waals surface area contributed by atoms with Gasteiger partial charge in [-0.1, -0.05) is 18.2 Å². The minimum atomic E-state index is -0.692. The Morgan fingerprint density at radius 2 is 2.06 bits per heavy atom. The molecule has 6 heteroatoms. The zero-order chi connectivity index (χ0) is 13.5. The molecule has 1 aromatic carbocycles. The Hall–Kier alpha value is -2.08. The molecule has 1 atom stereocenters. The highest BCUT2D eigenvalue weighted by Crippen LogP contribution is 2.15. The number of rotatable bonds is 5. The lowest BCUT2D eigenvalue weighted by atomic mass is 10.2. The standard InChI is InChI=1S/C12H17N3O3/c1-8-5-3-4-6-10(8)18-7-11(16)14-9(2)12(17)15-13/h3-6,9H,7,13H2,1-2H3,(H,14,16)(H,15,17)/t9-/m0/s1. The van der Waals surface area contributed by atoms with Crippen LogP contribution in [0.2, 0.25) is 0 Å². The second-order valence-electron chi connectivity index (χ2n) is 3.85. The molecule has 0 aliphatic carbocycles. The van der Waals surface area contributed by atoms with Gasteiger partial charge < -0.3 is 10.1 Å². The first kappa shape index (κ1) is 14.0. The van der Waals surface area contributed by atoms with E-state index in [1.54, 1.807) is 6.07 Å². The lowest BCUT2D eigenvalue weighted by molar-refractivity contribution is -0.129. The minimum Gasteiger partial charge on any atom is -0.484 e. The maximum Gasteiger partial charge on any atom is 0.258 e. The van der Waals surface area contributed by atoms with Crippen molar-refractivity contribution < 1.29 is 14.3 Å². The summed E-state index contributed by atoms with van der Waals surface area (Å²) in [6.45, 7) is 3.28. The van der Waals surface area contributed by atoms with E-state index in [1.807, 2.05) is 30.5 Å². The van der Waals surface area contributed by atoms with Gasteiger partial charge in [0, 0.05) is 0 Å². The molecule has 1 rings (SSSR count). The van der Waals surface area contributed by atoms with Gasteiger partial charge in [0.1, 0.15) is 11.8 Å². The molecule has 0 aliphatic rings. The van der Waals surface area contributed by atoms with E-state index in [9.17, 15) is 9.59 Å². The number of para-hydroxylation sites is 1. The first-order valence-corrected chi connectivity index (χ1v) is 5.53. The third-order valence-corrected chi connectivity index (χ3v) is 2.37. The van der Waals surface area contributed by atoms with Gasteiger partial charge >= 0.3 is 0 Å². The van der Waals surface area contributed by atoms with Gasteiger partial charge in [-0.15, -0.1) is 0 Å². The molecule has 98 valence electrons. The average molecular weight is 251 g/mol. The van der Waals surface area contributed by atoms with E-state index >= 15 is 0 Å². The van der Waals surface area contributed by atoms with E-state index in [2.05, 4.69) is 5.32 Å². The normalized spacial score (nSPS) is 11.5. The summed E-state index contributed by atoms with van der Waals surface area (Å²) in [5, 5.41) is 2.46. The molecule has 0 heterocycles. The van der Waals surface area contributed by atoms with Crippen LogP contribution in [-0.4, -0.2) is 24.5 Å². The van der Waals surface area contributed by atoms with Gasteiger partial charge in [-0.05, 0) is 25.5 Å². The van der Waals surface area contributed by atoms with Gasteiger partial charge in [0.25, 0.3) is 11.8 Å². The molecule has 4 N–H and O–H groups in total. The Kier molecular flexibility index (Phi) is 5.13. The van der Waals surface area contributed by atoms with Crippen LogP contribution in [0.4, 0.5) is 0 Å². The highest BCUT2D eigenvalue weighted by atomic mass is 16.5. The van der Waals surface area contributed by atoms with Crippen LogP contribution in [0.3, 0.4) is 0 Å². The molecule has 0 radical (unpaired) electrons. The van der Waals surface area contributed by atoms with Crippen LogP contribution >= 0.6 is 0 Å². The predicted octanol–water partition coefficient (Wildman–Crippen LogP) is -0.132. The number of hydrazine groups is 1. The number of benzene rings is 1. The third-order valence-electron chi connectivity index (χ3n) is 2.37. The van der Waals surface area contributed by atoms with E-state index in [0.717, 1.165) is 5.56 Å². The molecule has 1 aromatic rings. The van der Waals surface area contributed by atoms with Gasteiger partial charge in [0.05, 0.1) is 0 Å². The fourth-order valence-electron chi connectivity index (χ4n) is 1.34. The van der Waals surface area contributed by atoms with E-state index in [1.165, 1.54) is 6.92 Å². The van der Waals surface area contributed by atoms with Crippen molar-refractivity contribution in [3.63, 3.8) is 0 Å². The van der Waals surface area contributed by atoms with Crippen molar-refractivity contribution in [1.82, 2.24) is 10.7 Å². The topological polar surface area (TPSA) is 93.4 Å². The summed E-state index contributed by atoms with van der Waals surface area (Å²) in [7, 11) is 0. The van der Waals surface area contributed by atoms with Crippen molar-refractivity contribution in [2.24, 2.45) is 5.84 Å². The SMILES string of the molecule is Cc1ccccc1OCC(=O)N[C@@H](C)C(=O)NN. The maximum atomic E-state index is 11.5. The molecule has 0 saturated carbocycles. The predicted molar refractivity (Wildman–Crippen MR) is 66.6 cm³/mol. The van der Waals surface area contributed by atoms with Crippen LogP contribution in [0.5, 0.6) is 5.75 Å². The number of ether oxygens (including phenoxy) is 1. The van der Waals surface area contributed by atoms with Crippen molar-refractivity contribution in [2.75, 3.05) is 6.61 Å². The lowest BCUT2D eigenvalue weighted by Gasteiger charge is -2.13. The molecule has 0 bridgehead atoms. The minimum absolute atomic E-state index is 0.146. The van der Waals surface area contributed by atoms with E-state index in [-0.39, 0.29) is 12.5 Å². The van der Waals surface area contributed by atoms with Gasteiger partial charge in [0.15, 0.2) is 6.61 Å².